The van der Waals surface area contributed by atoms with E-state index in [4.69, 9.17) is 0 Å². The summed E-state index contributed by atoms with van der Waals surface area (Å²) in [7, 11) is 0. The molecule has 0 bridgehead atoms. The monoisotopic (exact) mass is 293 g/mol. The maximum atomic E-state index is 10.9. The third-order valence-electron chi connectivity index (χ3n) is 4.00. The van der Waals surface area contributed by atoms with Gasteiger partial charge in [-0.3, -0.25) is 0 Å². The Kier molecular flexibility index (Phi) is 3.29. The lowest BCUT2D eigenvalue weighted by Crippen LogP contribution is -2.41. The van der Waals surface area contributed by atoms with Crippen LogP contribution in [0.5, 0.6) is 0 Å². The fourth-order valence-electron chi connectivity index (χ4n) is 2.80. The van der Waals surface area contributed by atoms with Crippen LogP contribution in [0.4, 0.5) is 0 Å². The number of nitriles is 1. The van der Waals surface area contributed by atoms with E-state index in [0.717, 1.165) is 35.7 Å². The number of benzene rings is 1. The van der Waals surface area contributed by atoms with E-state index in [1.165, 1.54) is 0 Å². The zero-order chi connectivity index (χ0) is 12.5. The van der Waals surface area contributed by atoms with Gasteiger partial charge >= 0.3 is 0 Å². The smallest absolute Gasteiger partial charge is 0.106 e. The van der Waals surface area contributed by atoms with Crippen LogP contribution in [0.1, 0.15) is 38.2 Å². The Hall–Kier alpha value is -0.850. The molecule has 1 atom stereocenters. The third-order valence-corrected chi connectivity index (χ3v) is 4.69. The number of aliphatic hydroxyl groups is 1. The number of hydrogen-bond acceptors (Lipinski definition) is 2. The summed E-state index contributed by atoms with van der Waals surface area (Å²) in [6.45, 7) is 1.77. The second-order valence-electron chi connectivity index (χ2n) is 4.95. The fraction of sp³-hybridized carbons (Fsp3) is 0.500. The van der Waals surface area contributed by atoms with E-state index in [9.17, 15) is 10.4 Å². The molecule has 2 nitrogen and oxygen atoms in total. The first-order chi connectivity index (χ1) is 8.03. The Morgan fingerprint density at radius 1 is 1.35 bits per heavy atom. The maximum Gasteiger partial charge on any atom is 0.106 e. The molecule has 1 aliphatic rings. The van der Waals surface area contributed by atoms with E-state index in [1.807, 2.05) is 24.3 Å². The van der Waals surface area contributed by atoms with E-state index < -0.39 is 11.0 Å². The van der Waals surface area contributed by atoms with Gasteiger partial charge in [0.1, 0.15) is 5.60 Å². The first-order valence-corrected chi connectivity index (χ1v) is 6.71. The second-order valence-corrected chi connectivity index (χ2v) is 5.81. The number of rotatable bonds is 2. The fourth-order valence-corrected chi connectivity index (χ4v) is 3.47. The van der Waals surface area contributed by atoms with Crippen molar-refractivity contribution >= 4 is 15.9 Å². The van der Waals surface area contributed by atoms with Crippen molar-refractivity contribution in [3.63, 3.8) is 0 Å². The zero-order valence-corrected chi connectivity index (χ0v) is 11.5. The van der Waals surface area contributed by atoms with E-state index in [2.05, 4.69) is 22.0 Å². The molecule has 1 aliphatic carbocycles. The minimum Gasteiger partial charge on any atom is -0.384 e. The Balaban J connectivity index is 2.49. The Morgan fingerprint density at radius 3 is 2.47 bits per heavy atom. The molecular formula is C14H16BrNO. The molecule has 1 unspecified atom stereocenters. The van der Waals surface area contributed by atoms with Gasteiger partial charge in [0.25, 0.3) is 0 Å². The molecule has 0 aromatic heterocycles. The summed E-state index contributed by atoms with van der Waals surface area (Å²) in [4.78, 5) is 0. The van der Waals surface area contributed by atoms with Crippen LogP contribution in [-0.4, -0.2) is 5.11 Å². The van der Waals surface area contributed by atoms with Crippen molar-refractivity contribution in [1.29, 1.82) is 5.26 Å². The predicted octanol–water partition coefficient (Wildman–Crippen LogP) is 3.74. The van der Waals surface area contributed by atoms with Crippen molar-refractivity contribution in [2.24, 2.45) is 5.41 Å². The Labute approximate surface area is 110 Å². The highest BCUT2D eigenvalue weighted by Crippen LogP contribution is 2.51. The lowest BCUT2D eigenvalue weighted by atomic mass is 9.69. The number of hydrogen-bond donors (Lipinski definition) is 1. The molecule has 1 aromatic carbocycles. The minimum atomic E-state index is -1.10. The van der Waals surface area contributed by atoms with Crippen LogP contribution in [-0.2, 0) is 5.60 Å². The molecule has 90 valence electrons. The molecule has 1 saturated carbocycles. The van der Waals surface area contributed by atoms with Gasteiger partial charge in [0.2, 0.25) is 0 Å². The van der Waals surface area contributed by atoms with Crippen molar-refractivity contribution in [1.82, 2.24) is 0 Å². The molecule has 2 rings (SSSR count). The highest BCUT2D eigenvalue weighted by Gasteiger charge is 2.50. The predicted molar refractivity (Wildman–Crippen MR) is 70.2 cm³/mol. The topological polar surface area (TPSA) is 44.0 Å². The van der Waals surface area contributed by atoms with E-state index >= 15 is 0 Å². The van der Waals surface area contributed by atoms with Crippen molar-refractivity contribution in [3.05, 3.63) is 34.3 Å². The summed E-state index contributed by atoms with van der Waals surface area (Å²) in [6.07, 6.45) is 3.60. The molecule has 0 spiro atoms. The average molecular weight is 294 g/mol. The summed E-state index contributed by atoms with van der Waals surface area (Å²) in [5.74, 6) is 0. The van der Waals surface area contributed by atoms with E-state index in [0.29, 0.717) is 0 Å². The minimum absolute atomic E-state index is 0.642. The van der Waals surface area contributed by atoms with Gasteiger partial charge < -0.3 is 5.11 Å². The third kappa shape index (κ3) is 1.90. The largest absolute Gasteiger partial charge is 0.384 e. The second kappa shape index (κ2) is 4.44. The molecular weight excluding hydrogens is 278 g/mol. The zero-order valence-electron chi connectivity index (χ0n) is 9.91. The highest BCUT2D eigenvalue weighted by atomic mass is 79.9. The molecule has 0 aliphatic heterocycles. The van der Waals surface area contributed by atoms with Crippen molar-refractivity contribution in [2.45, 2.75) is 38.2 Å². The van der Waals surface area contributed by atoms with Gasteiger partial charge in [-0.15, -0.1) is 0 Å². The van der Waals surface area contributed by atoms with Gasteiger partial charge in [-0.2, -0.15) is 5.26 Å². The van der Waals surface area contributed by atoms with Crippen molar-refractivity contribution < 1.29 is 5.11 Å². The maximum absolute atomic E-state index is 10.9. The van der Waals surface area contributed by atoms with Crippen LogP contribution in [0.3, 0.4) is 0 Å². The van der Waals surface area contributed by atoms with E-state index in [-0.39, 0.29) is 0 Å². The number of halogens is 1. The summed E-state index contributed by atoms with van der Waals surface area (Å²) < 4.78 is 0.867. The van der Waals surface area contributed by atoms with Crippen LogP contribution < -0.4 is 0 Å². The van der Waals surface area contributed by atoms with Gasteiger partial charge in [0.05, 0.1) is 11.5 Å². The lowest BCUT2D eigenvalue weighted by Gasteiger charge is -2.38. The summed E-state index contributed by atoms with van der Waals surface area (Å²) in [5, 5.41) is 20.3. The normalized spacial score (nSPS) is 21.8. The van der Waals surface area contributed by atoms with Crippen LogP contribution >= 0.6 is 15.9 Å². The van der Waals surface area contributed by atoms with Crippen molar-refractivity contribution in [2.75, 3.05) is 0 Å². The first kappa shape index (κ1) is 12.6. The standard InChI is InChI=1S/C14H16BrNO/c1-13(17,11-6-2-3-7-12(11)15)14(10-16)8-4-5-9-14/h2-3,6-7,17H,4-5,8-9H2,1H3. The van der Waals surface area contributed by atoms with Gasteiger partial charge in [0, 0.05) is 4.47 Å². The molecule has 1 fully saturated rings. The molecule has 0 radical (unpaired) electrons. The SMILES string of the molecule is CC(O)(c1ccccc1Br)C1(C#N)CCCC1. The molecule has 17 heavy (non-hydrogen) atoms. The lowest BCUT2D eigenvalue weighted by molar-refractivity contribution is -0.0428. The Morgan fingerprint density at radius 2 is 1.94 bits per heavy atom. The summed E-state index contributed by atoms with van der Waals surface area (Å²) in [6, 6.07) is 9.98. The Bertz CT molecular complexity index is 456. The molecule has 3 heteroatoms. The van der Waals surface area contributed by atoms with Crippen LogP contribution in [0.25, 0.3) is 0 Å². The van der Waals surface area contributed by atoms with Gasteiger partial charge in [0.15, 0.2) is 0 Å². The molecule has 1 aromatic rings. The molecule has 0 saturated heterocycles. The highest BCUT2D eigenvalue weighted by molar-refractivity contribution is 9.10. The molecule has 1 N–H and O–H groups in total. The number of nitrogens with zero attached hydrogens (tertiary/aromatic N) is 1. The van der Waals surface area contributed by atoms with Crippen LogP contribution in [0.2, 0.25) is 0 Å². The molecule has 0 amide bonds. The van der Waals surface area contributed by atoms with E-state index in [1.54, 1.807) is 6.92 Å². The van der Waals surface area contributed by atoms with Gasteiger partial charge in [-0.25, -0.2) is 0 Å². The first-order valence-electron chi connectivity index (χ1n) is 5.92. The van der Waals surface area contributed by atoms with Gasteiger partial charge in [-0.05, 0) is 31.4 Å². The molecule has 0 heterocycles. The van der Waals surface area contributed by atoms with Crippen molar-refractivity contribution in [3.8, 4) is 6.07 Å². The summed E-state index contributed by atoms with van der Waals surface area (Å²) in [5.41, 5.74) is -0.932. The summed E-state index contributed by atoms with van der Waals surface area (Å²) >= 11 is 3.46. The quantitative estimate of drug-likeness (QED) is 0.903. The average Bonchev–Trinajstić information content (AvgIpc) is 2.79. The van der Waals surface area contributed by atoms with Gasteiger partial charge in [-0.1, -0.05) is 47.0 Å². The van der Waals surface area contributed by atoms with Crippen LogP contribution in [0.15, 0.2) is 28.7 Å². The van der Waals surface area contributed by atoms with Crippen LogP contribution in [0, 0.1) is 16.7 Å².